The molecule has 0 aromatic carbocycles. The number of fused-ring (bicyclic) bond motifs is 1. The average Bonchev–Trinajstić information content (AvgIpc) is 2.42. The van der Waals surface area contributed by atoms with Crippen LogP contribution in [0, 0.1) is 0 Å². The number of hydrogen-bond donors (Lipinski definition) is 0. The molecule has 0 amide bonds. The van der Waals surface area contributed by atoms with E-state index in [1.54, 1.807) is 12.1 Å². The summed E-state index contributed by atoms with van der Waals surface area (Å²) in [5.74, 6) is 0.583. The highest BCUT2D eigenvalue weighted by Gasteiger charge is 1.99. The van der Waals surface area contributed by atoms with Crippen LogP contribution in [0.3, 0.4) is 0 Å². The highest BCUT2D eigenvalue weighted by molar-refractivity contribution is 5.43. The van der Waals surface area contributed by atoms with E-state index in [0.717, 1.165) is 0 Å². The predicted octanol–water partition coefficient (Wildman–Crippen LogP) is 0.965. The Morgan fingerprint density at radius 2 is 2.60 bits per heavy atom. The molecule has 4 heteroatoms. The van der Waals surface area contributed by atoms with E-state index in [1.165, 1.54) is 11.0 Å². The molecule has 0 bridgehead atoms. The molecule has 0 aliphatic carbocycles. The fourth-order valence-electron chi connectivity index (χ4n) is 0.741. The molecule has 0 aliphatic rings. The van der Waals surface area contributed by atoms with Crippen molar-refractivity contribution in [2.45, 2.75) is 0 Å². The molecule has 2 rings (SSSR count). The third kappa shape index (κ3) is 0.556. The lowest BCUT2D eigenvalue weighted by molar-refractivity contribution is 0.338. The van der Waals surface area contributed by atoms with Gasteiger partial charge in [-0.1, -0.05) is 11.3 Å². The van der Waals surface area contributed by atoms with Crippen LogP contribution in [-0.4, -0.2) is 14.8 Å². The maximum absolute atomic E-state index is 4.90. The number of rotatable bonds is 1. The van der Waals surface area contributed by atoms with Gasteiger partial charge in [-0.15, -0.1) is 5.10 Å². The van der Waals surface area contributed by atoms with E-state index < -0.39 is 0 Å². The van der Waals surface area contributed by atoms with Gasteiger partial charge in [0.2, 0.25) is 0 Å². The van der Waals surface area contributed by atoms with Crippen LogP contribution in [0.15, 0.2) is 23.4 Å². The summed E-state index contributed by atoms with van der Waals surface area (Å²) >= 11 is 0. The van der Waals surface area contributed by atoms with Crippen molar-refractivity contribution < 1.29 is 4.52 Å². The van der Waals surface area contributed by atoms with Crippen LogP contribution in [0.4, 0.5) is 0 Å². The molecular weight excluding hydrogens is 130 g/mol. The molecule has 0 radical (unpaired) electrons. The molecule has 0 fully saturated rings. The second-order valence-electron chi connectivity index (χ2n) is 1.81. The van der Waals surface area contributed by atoms with Crippen molar-refractivity contribution in [3.05, 3.63) is 24.7 Å². The molecule has 2 aromatic rings. The highest BCUT2D eigenvalue weighted by Crippen LogP contribution is 2.01. The van der Waals surface area contributed by atoms with Gasteiger partial charge in [-0.05, 0) is 6.08 Å². The molecule has 0 saturated heterocycles. The molecule has 2 heterocycles. The topological polar surface area (TPSA) is 43.3 Å². The van der Waals surface area contributed by atoms with Gasteiger partial charge < -0.3 is 4.52 Å². The lowest BCUT2D eigenvalue weighted by atomic mass is 10.6. The smallest absolute Gasteiger partial charge is 0.195 e. The van der Waals surface area contributed by atoms with Gasteiger partial charge in [0, 0.05) is 6.07 Å². The van der Waals surface area contributed by atoms with E-state index >= 15 is 0 Å². The summed E-state index contributed by atoms with van der Waals surface area (Å²) in [7, 11) is 0. The zero-order valence-electron chi connectivity index (χ0n) is 5.19. The molecule has 0 saturated carbocycles. The fraction of sp³-hybridized carbons (Fsp3) is 0. The van der Waals surface area contributed by atoms with E-state index in [0.29, 0.717) is 11.5 Å². The van der Waals surface area contributed by atoms with E-state index in [-0.39, 0.29) is 0 Å². The van der Waals surface area contributed by atoms with Crippen molar-refractivity contribution in [2.24, 2.45) is 0 Å². The van der Waals surface area contributed by atoms with Crippen LogP contribution in [0.1, 0.15) is 5.82 Å². The van der Waals surface area contributed by atoms with Crippen molar-refractivity contribution in [2.75, 3.05) is 0 Å². The van der Waals surface area contributed by atoms with Gasteiger partial charge in [0.05, 0.1) is 0 Å². The second-order valence-corrected chi connectivity index (χ2v) is 1.81. The summed E-state index contributed by atoms with van der Waals surface area (Å²) in [6, 6.07) is 1.74. The normalized spacial score (nSPS) is 10.4. The molecular formula is C6H5N3O. The maximum Gasteiger partial charge on any atom is 0.195 e. The van der Waals surface area contributed by atoms with Crippen LogP contribution < -0.4 is 0 Å². The summed E-state index contributed by atoms with van der Waals surface area (Å²) in [6.45, 7) is 3.53. The summed E-state index contributed by atoms with van der Waals surface area (Å²) in [6.07, 6.45) is 3.10. The largest absolute Gasteiger partial charge is 0.364 e. The van der Waals surface area contributed by atoms with Crippen LogP contribution in [0.5, 0.6) is 0 Å². The Bertz CT molecular complexity index is 331. The highest BCUT2D eigenvalue weighted by atomic mass is 16.5. The van der Waals surface area contributed by atoms with Crippen LogP contribution in [0.2, 0.25) is 0 Å². The Kier molecular flexibility index (Phi) is 0.887. The van der Waals surface area contributed by atoms with Crippen molar-refractivity contribution in [3.8, 4) is 0 Å². The van der Waals surface area contributed by atoms with Gasteiger partial charge >= 0.3 is 0 Å². The molecule has 0 atom stereocenters. The third-order valence-electron chi connectivity index (χ3n) is 1.18. The van der Waals surface area contributed by atoms with Crippen LogP contribution in [-0.2, 0) is 0 Å². The first-order chi connectivity index (χ1) is 4.90. The first-order valence-corrected chi connectivity index (χ1v) is 2.83. The summed E-state index contributed by atoms with van der Waals surface area (Å²) in [4.78, 5) is 4.03. The standard InChI is InChI=1S/C6H5N3O/c1-2-5-7-6-3-4-10-9(6)8-5/h2-4H,1H2. The van der Waals surface area contributed by atoms with Gasteiger partial charge in [-0.2, -0.15) is 0 Å². The van der Waals surface area contributed by atoms with E-state index in [2.05, 4.69) is 16.7 Å². The first kappa shape index (κ1) is 5.22. The van der Waals surface area contributed by atoms with E-state index in [9.17, 15) is 0 Å². The Balaban J connectivity index is 2.78. The number of hydrogen-bond acceptors (Lipinski definition) is 3. The zero-order valence-corrected chi connectivity index (χ0v) is 5.19. The third-order valence-corrected chi connectivity index (χ3v) is 1.18. The summed E-state index contributed by atoms with van der Waals surface area (Å²) < 4.78 is 6.24. The SMILES string of the molecule is C=Cc1nc2ccon2n1. The predicted molar refractivity (Wildman–Crippen MR) is 35.3 cm³/mol. The van der Waals surface area contributed by atoms with E-state index in [4.69, 9.17) is 4.52 Å². The molecule has 50 valence electrons. The zero-order chi connectivity index (χ0) is 6.97. The fourth-order valence-corrected chi connectivity index (χ4v) is 0.741. The minimum atomic E-state index is 0.583. The molecule has 10 heavy (non-hydrogen) atoms. The van der Waals surface area contributed by atoms with Crippen molar-refractivity contribution >= 4 is 11.7 Å². The summed E-state index contributed by atoms with van der Waals surface area (Å²) in [5.41, 5.74) is 0.704. The number of nitrogens with zero attached hydrogens (tertiary/aromatic N) is 3. The molecule has 0 aliphatic heterocycles. The van der Waals surface area contributed by atoms with Gasteiger partial charge in [-0.3, -0.25) is 0 Å². The minimum Gasteiger partial charge on any atom is -0.364 e. The van der Waals surface area contributed by atoms with Gasteiger partial charge in [0.1, 0.15) is 6.26 Å². The Labute approximate surface area is 56.7 Å². The maximum atomic E-state index is 4.90. The van der Waals surface area contributed by atoms with Crippen molar-refractivity contribution in [3.63, 3.8) is 0 Å². The quantitative estimate of drug-likeness (QED) is 0.585. The van der Waals surface area contributed by atoms with Crippen LogP contribution in [0.25, 0.3) is 11.7 Å². The molecule has 0 N–H and O–H groups in total. The molecule has 0 unspecified atom stereocenters. The Hall–Kier alpha value is -1.58. The average molecular weight is 135 g/mol. The monoisotopic (exact) mass is 135 g/mol. The Morgan fingerprint density at radius 1 is 1.70 bits per heavy atom. The van der Waals surface area contributed by atoms with Gasteiger partial charge in [-0.25, -0.2) is 4.98 Å². The number of aromatic nitrogens is 3. The lowest BCUT2D eigenvalue weighted by Crippen LogP contribution is -1.78. The molecule has 4 nitrogen and oxygen atoms in total. The Morgan fingerprint density at radius 3 is 3.30 bits per heavy atom. The first-order valence-electron chi connectivity index (χ1n) is 2.83. The van der Waals surface area contributed by atoms with E-state index in [1.807, 2.05) is 0 Å². The van der Waals surface area contributed by atoms with Gasteiger partial charge in [0.15, 0.2) is 11.5 Å². The lowest BCUT2D eigenvalue weighted by Gasteiger charge is -1.73. The summed E-state index contributed by atoms with van der Waals surface area (Å²) in [5, 5.41) is 3.91. The minimum absolute atomic E-state index is 0.583. The van der Waals surface area contributed by atoms with Crippen LogP contribution >= 0.6 is 0 Å². The molecule has 2 aromatic heterocycles. The van der Waals surface area contributed by atoms with Crippen molar-refractivity contribution in [1.29, 1.82) is 0 Å². The molecule has 0 spiro atoms. The second kappa shape index (κ2) is 1.70. The van der Waals surface area contributed by atoms with Gasteiger partial charge in [0.25, 0.3) is 0 Å². The van der Waals surface area contributed by atoms with Crippen molar-refractivity contribution in [1.82, 2.24) is 14.8 Å².